The molecule has 0 spiro atoms. The molecule has 8 heteroatoms. The molecule has 1 aromatic carbocycles. The van der Waals surface area contributed by atoms with Crippen LogP contribution in [0.4, 0.5) is 0 Å². The average molecular weight is 333 g/mol. The van der Waals surface area contributed by atoms with Crippen molar-refractivity contribution in [3.05, 3.63) is 34.2 Å². The number of fused-ring (bicyclic) bond motifs is 1. The predicted octanol–water partition coefficient (Wildman–Crippen LogP) is 0.620. The van der Waals surface area contributed by atoms with Crippen molar-refractivity contribution in [2.45, 2.75) is 24.8 Å². The first-order valence-electron chi connectivity index (χ1n) is 7.71. The van der Waals surface area contributed by atoms with Gasteiger partial charge >= 0.3 is 11.7 Å². The number of rotatable bonds is 4. The number of aliphatic carboxylic acids is 1. The Bertz CT molecular complexity index is 845. The number of aromatic nitrogens is 2. The first kappa shape index (κ1) is 16.3. The van der Waals surface area contributed by atoms with Crippen molar-refractivity contribution >= 4 is 22.9 Å². The highest BCUT2D eigenvalue weighted by Crippen LogP contribution is 2.25. The summed E-state index contributed by atoms with van der Waals surface area (Å²) in [6, 6.07) is 4.91. The topological polar surface area (TPSA) is 113 Å². The van der Waals surface area contributed by atoms with Gasteiger partial charge in [-0.1, -0.05) is 0 Å². The number of nitrogens with zero attached hydrogens (tertiary/aromatic N) is 1. The second kappa shape index (κ2) is 6.12. The number of amides is 1. The summed E-state index contributed by atoms with van der Waals surface area (Å²) < 4.78 is 6.74. The molecule has 1 aliphatic heterocycles. The van der Waals surface area contributed by atoms with Crippen molar-refractivity contribution in [1.29, 1.82) is 0 Å². The Hall–Kier alpha value is -2.61. The van der Waals surface area contributed by atoms with Crippen LogP contribution in [0.3, 0.4) is 0 Å². The van der Waals surface area contributed by atoms with Crippen LogP contribution in [0.1, 0.15) is 29.6 Å². The van der Waals surface area contributed by atoms with Crippen LogP contribution >= 0.6 is 0 Å². The van der Waals surface area contributed by atoms with Gasteiger partial charge in [-0.3, -0.25) is 14.2 Å². The van der Waals surface area contributed by atoms with E-state index in [0.29, 0.717) is 42.7 Å². The van der Waals surface area contributed by atoms with E-state index < -0.39 is 11.5 Å². The molecule has 1 aliphatic rings. The maximum absolute atomic E-state index is 12.6. The Labute approximate surface area is 137 Å². The number of hydrogen-bond acceptors (Lipinski definition) is 4. The Morgan fingerprint density at radius 3 is 2.75 bits per heavy atom. The fourth-order valence-corrected chi connectivity index (χ4v) is 3.09. The van der Waals surface area contributed by atoms with Crippen LogP contribution in [0.25, 0.3) is 11.0 Å². The van der Waals surface area contributed by atoms with Crippen molar-refractivity contribution in [1.82, 2.24) is 14.9 Å². The smallest absolute Gasteiger partial charge is 0.326 e. The third kappa shape index (κ3) is 3.05. The van der Waals surface area contributed by atoms with Crippen molar-refractivity contribution in [3.63, 3.8) is 0 Å². The van der Waals surface area contributed by atoms with Crippen molar-refractivity contribution < 1.29 is 19.4 Å². The molecule has 128 valence electrons. The number of carbonyl (C=O) groups is 2. The minimum atomic E-state index is -0.958. The molecule has 1 amide bonds. The van der Waals surface area contributed by atoms with Crippen LogP contribution in [0.15, 0.2) is 23.0 Å². The molecule has 2 heterocycles. The van der Waals surface area contributed by atoms with Gasteiger partial charge < -0.3 is 20.1 Å². The Morgan fingerprint density at radius 1 is 1.38 bits per heavy atom. The summed E-state index contributed by atoms with van der Waals surface area (Å²) in [6.45, 7) is 0.831. The number of hydrogen-bond donors (Lipinski definition) is 3. The zero-order chi connectivity index (χ0) is 17.3. The van der Waals surface area contributed by atoms with Gasteiger partial charge in [-0.15, -0.1) is 0 Å². The number of aromatic amines is 1. The summed E-state index contributed by atoms with van der Waals surface area (Å²) in [5.74, 6) is -1.32. The van der Waals surface area contributed by atoms with Crippen LogP contribution in [0.5, 0.6) is 0 Å². The number of nitrogens with one attached hydrogen (secondary N) is 2. The lowest BCUT2D eigenvalue weighted by Gasteiger charge is -2.36. The van der Waals surface area contributed by atoms with Gasteiger partial charge in [0.1, 0.15) is 0 Å². The highest BCUT2D eigenvalue weighted by Gasteiger charge is 2.36. The SMILES string of the molecule is Cn1c(=O)[nH]c2cc(C(=O)NC3(CC(=O)O)CCOCC3)ccc21. The van der Waals surface area contributed by atoms with Gasteiger partial charge in [-0.2, -0.15) is 0 Å². The molecule has 8 nitrogen and oxygen atoms in total. The number of benzene rings is 1. The summed E-state index contributed by atoms with van der Waals surface area (Å²) >= 11 is 0. The van der Waals surface area contributed by atoms with E-state index >= 15 is 0 Å². The van der Waals surface area contributed by atoms with Gasteiger partial charge in [-0.25, -0.2) is 4.79 Å². The zero-order valence-corrected chi connectivity index (χ0v) is 13.3. The number of H-pyrrole nitrogens is 1. The summed E-state index contributed by atoms with van der Waals surface area (Å²) in [5, 5.41) is 12.0. The Balaban J connectivity index is 1.87. The second-order valence-corrected chi connectivity index (χ2v) is 6.14. The lowest BCUT2D eigenvalue weighted by molar-refractivity contribution is -0.139. The monoisotopic (exact) mass is 333 g/mol. The molecule has 0 aliphatic carbocycles. The molecule has 1 saturated heterocycles. The van der Waals surface area contributed by atoms with Crippen molar-refractivity contribution in [2.24, 2.45) is 7.05 Å². The standard InChI is InChI=1S/C16H19N3O5/c1-19-12-3-2-10(8-11(12)17-15(19)23)14(22)18-16(9-13(20)21)4-6-24-7-5-16/h2-3,8H,4-7,9H2,1H3,(H,17,23)(H,18,22)(H,20,21). The van der Waals surface area contributed by atoms with E-state index in [4.69, 9.17) is 9.84 Å². The number of imidazole rings is 1. The Kier molecular flexibility index (Phi) is 4.15. The third-order valence-corrected chi connectivity index (χ3v) is 4.48. The minimum Gasteiger partial charge on any atom is -0.481 e. The highest BCUT2D eigenvalue weighted by atomic mass is 16.5. The number of aryl methyl sites for hydroxylation is 1. The molecule has 0 saturated carbocycles. The maximum atomic E-state index is 12.6. The van der Waals surface area contributed by atoms with E-state index in [0.717, 1.165) is 0 Å². The quantitative estimate of drug-likeness (QED) is 0.759. The van der Waals surface area contributed by atoms with Gasteiger partial charge in [0, 0.05) is 25.8 Å². The molecule has 3 N–H and O–H groups in total. The molecule has 2 aromatic rings. The fraction of sp³-hybridized carbons (Fsp3) is 0.438. The number of ether oxygens (including phenoxy) is 1. The molecular weight excluding hydrogens is 314 g/mol. The fourth-order valence-electron chi connectivity index (χ4n) is 3.09. The number of carboxylic acids is 1. The highest BCUT2D eigenvalue weighted by molar-refractivity contribution is 5.98. The molecule has 3 rings (SSSR count). The van der Waals surface area contributed by atoms with Crippen LogP contribution in [0.2, 0.25) is 0 Å². The van der Waals surface area contributed by atoms with Crippen molar-refractivity contribution in [2.75, 3.05) is 13.2 Å². The molecule has 1 fully saturated rings. The normalized spacial score (nSPS) is 16.9. The van der Waals surface area contributed by atoms with E-state index in [1.165, 1.54) is 4.57 Å². The number of carbonyl (C=O) groups excluding carboxylic acids is 1. The van der Waals surface area contributed by atoms with Crippen molar-refractivity contribution in [3.8, 4) is 0 Å². The first-order chi connectivity index (χ1) is 11.4. The van der Waals surface area contributed by atoms with Crippen LogP contribution < -0.4 is 11.0 Å². The minimum absolute atomic E-state index is 0.146. The van der Waals surface area contributed by atoms with E-state index in [1.54, 1.807) is 25.2 Å². The number of carboxylic acid groups (broad SMARTS) is 1. The van der Waals surface area contributed by atoms with Gasteiger partial charge in [0.05, 0.1) is 23.0 Å². The molecule has 1 aromatic heterocycles. The molecule has 0 unspecified atom stereocenters. The van der Waals surface area contributed by atoms with Gasteiger partial charge in [0.2, 0.25) is 0 Å². The second-order valence-electron chi connectivity index (χ2n) is 6.14. The average Bonchev–Trinajstić information content (AvgIpc) is 2.81. The lowest BCUT2D eigenvalue weighted by atomic mass is 9.86. The van der Waals surface area contributed by atoms with E-state index in [2.05, 4.69) is 10.3 Å². The van der Waals surface area contributed by atoms with Crippen LogP contribution in [0, 0.1) is 0 Å². The largest absolute Gasteiger partial charge is 0.481 e. The summed E-state index contributed by atoms with van der Waals surface area (Å²) in [5.41, 5.74) is 0.576. The third-order valence-electron chi connectivity index (χ3n) is 4.48. The molecule has 0 atom stereocenters. The summed E-state index contributed by atoms with van der Waals surface area (Å²) in [4.78, 5) is 38.1. The molecular formula is C16H19N3O5. The predicted molar refractivity (Wildman–Crippen MR) is 86.0 cm³/mol. The molecule has 0 bridgehead atoms. The summed E-state index contributed by atoms with van der Waals surface area (Å²) in [6.07, 6.45) is 0.761. The zero-order valence-electron chi connectivity index (χ0n) is 13.3. The van der Waals surface area contributed by atoms with E-state index in [1.807, 2.05) is 0 Å². The molecule has 24 heavy (non-hydrogen) atoms. The van der Waals surface area contributed by atoms with E-state index in [9.17, 15) is 14.4 Å². The first-order valence-corrected chi connectivity index (χ1v) is 7.71. The lowest BCUT2D eigenvalue weighted by Crippen LogP contribution is -2.53. The van der Waals surface area contributed by atoms with E-state index in [-0.39, 0.29) is 18.0 Å². The van der Waals surface area contributed by atoms with Gasteiger partial charge in [-0.05, 0) is 31.0 Å². The Morgan fingerprint density at radius 2 is 2.08 bits per heavy atom. The van der Waals surface area contributed by atoms with Gasteiger partial charge in [0.25, 0.3) is 5.91 Å². The van der Waals surface area contributed by atoms with Gasteiger partial charge in [0.15, 0.2) is 0 Å². The summed E-state index contributed by atoms with van der Waals surface area (Å²) in [7, 11) is 1.64. The maximum Gasteiger partial charge on any atom is 0.326 e. The van der Waals surface area contributed by atoms with Crippen LogP contribution in [-0.2, 0) is 16.6 Å². The van der Waals surface area contributed by atoms with Crippen LogP contribution in [-0.4, -0.2) is 45.3 Å². The molecule has 0 radical (unpaired) electrons.